The number of hydrogen-bond donors (Lipinski definition) is 0. The number of aromatic nitrogens is 3. The van der Waals surface area contributed by atoms with Gasteiger partial charge in [0.1, 0.15) is 0 Å². The van der Waals surface area contributed by atoms with Gasteiger partial charge < -0.3 is 0 Å². The summed E-state index contributed by atoms with van der Waals surface area (Å²) in [5.41, 5.74) is 6.90. The van der Waals surface area contributed by atoms with E-state index in [1.54, 1.807) is 0 Å². The van der Waals surface area contributed by atoms with Gasteiger partial charge in [0.15, 0.2) is 0 Å². The second-order valence-electron chi connectivity index (χ2n) is 10.1. The third kappa shape index (κ3) is 7.81. The second kappa shape index (κ2) is 14.8. The summed E-state index contributed by atoms with van der Waals surface area (Å²) in [6.07, 6.45) is 0. The van der Waals surface area contributed by atoms with Gasteiger partial charge in [0.05, 0.1) is 0 Å². The quantitative estimate of drug-likeness (QED) is 0.165. The minimum atomic E-state index is 0.392. The van der Waals surface area contributed by atoms with Crippen LogP contribution in [0.4, 0.5) is 0 Å². The first-order chi connectivity index (χ1) is 21.8. The van der Waals surface area contributed by atoms with Gasteiger partial charge in [0, 0.05) is 0 Å². The summed E-state index contributed by atoms with van der Waals surface area (Å²) in [4.78, 5) is 14.4. The molecule has 0 radical (unpaired) electrons. The molecule has 0 N–H and O–H groups in total. The molecule has 0 fully saturated rings. The van der Waals surface area contributed by atoms with Crippen molar-refractivity contribution < 1.29 is 0 Å². The van der Waals surface area contributed by atoms with Crippen molar-refractivity contribution in [3.05, 3.63) is 181 Å². The molecule has 0 bridgehead atoms. The van der Waals surface area contributed by atoms with E-state index >= 15 is 0 Å². The van der Waals surface area contributed by atoms with Crippen LogP contribution in [0.3, 0.4) is 0 Å². The number of hydrogen-bond acceptors (Lipinski definition) is 3. The van der Waals surface area contributed by atoms with Crippen molar-refractivity contribution in [3.8, 4) is 45.3 Å². The van der Waals surface area contributed by atoms with Crippen molar-refractivity contribution in [2.75, 3.05) is 0 Å². The molecule has 0 aliphatic rings. The molecular formula is C40H31N3Se. The third-order valence-corrected chi connectivity index (χ3v) is 9.21. The number of benzene rings is 6. The fourth-order valence-electron chi connectivity index (χ4n) is 4.64. The van der Waals surface area contributed by atoms with Crippen LogP contribution in [0.1, 0.15) is 5.56 Å². The van der Waals surface area contributed by atoms with Crippen molar-refractivity contribution in [1.29, 1.82) is 0 Å². The summed E-state index contributed by atoms with van der Waals surface area (Å²) in [6, 6.07) is 60.2. The Morgan fingerprint density at radius 3 is 1.02 bits per heavy atom. The summed E-state index contributed by atoms with van der Waals surface area (Å²) in [6.45, 7) is 0. The van der Waals surface area contributed by atoms with Crippen LogP contribution in [0.25, 0.3) is 45.3 Å². The summed E-state index contributed by atoms with van der Waals surface area (Å²) in [5.74, 6) is 2.07. The molecule has 4 heteroatoms. The van der Waals surface area contributed by atoms with Crippen molar-refractivity contribution in [2.45, 2.75) is 5.32 Å². The Bertz CT molecular complexity index is 1770. The zero-order valence-electron chi connectivity index (χ0n) is 24.2. The first kappa shape index (κ1) is 28.9. The van der Waals surface area contributed by atoms with Crippen LogP contribution < -0.4 is 4.46 Å². The van der Waals surface area contributed by atoms with E-state index in [0.717, 1.165) is 22.0 Å². The minimum absolute atomic E-state index is 0.392. The van der Waals surface area contributed by atoms with Gasteiger partial charge in [-0.2, -0.15) is 0 Å². The number of rotatable bonds is 7. The van der Waals surface area contributed by atoms with E-state index in [-0.39, 0.29) is 0 Å². The van der Waals surface area contributed by atoms with Crippen LogP contribution in [-0.2, 0) is 5.32 Å². The monoisotopic (exact) mass is 633 g/mol. The Morgan fingerprint density at radius 2 is 0.636 bits per heavy atom. The average molecular weight is 633 g/mol. The van der Waals surface area contributed by atoms with E-state index < -0.39 is 0 Å². The van der Waals surface area contributed by atoms with Gasteiger partial charge in [0.25, 0.3) is 0 Å². The van der Waals surface area contributed by atoms with Crippen molar-refractivity contribution in [1.82, 2.24) is 15.0 Å². The van der Waals surface area contributed by atoms with Crippen molar-refractivity contribution in [2.24, 2.45) is 0 Å². The van der Waals surface area contributed by atoms with Crippen LogP contribution in [0.15, 0.2) is 176 Å². The Labute approximate surface area is 265 Å². The van der Waals surface area contributed by atoms with Crippen molar-refractivity contribution >= 4 is 19.4 Å². The molecule has 0 aliphatic heterocycles. The molecule has 1 aromatic heterocycles. The van der Waals surface area contributed by atoms with E-state index in [4.69, 9.17) is 15.0 Å². The molecule has 7 rings (SSSR count). The zero-order chi connectivity index (χ0) is 29.8. The van der Waals surface area contributed by atoms with E-state index in [0.29, 0.717) is 32.4 Å². The fourth-order valence-corrected chi connectivity index (χ4v) is 6.43. The van der Waals surface area contributed by atoms with Crippen LogP contribution in [-0.4, -0.2) is 29.9 Å². The molecule has 0 saturated heterocycles. The molecule has 0 saturated carbocycles. The fraction of sp³-hybridized carbons (Fsp3) is 0.0250. The van der Waals surface area contributed by atoms with Crippen LogP contribution in [0, 0.1) is 0 Å². The van der Waals surface area contributed by atoms with Gasteiger partial charge in [-0.1, -0.05) is 60.7 Å². The molecule has 0 atom stereocenters. The maximum atomic E-state index is 4.81. The molecule has 0 spiro atoms. The Morgan fingerprint density at radius 1 is 0.318 bits per heavy atom. The molecule has 212 valence electrons. The predicted molar refractivity (Wildman–Crippen MR) is 184 cm³/mol. The summed E-state index contributed by atoms with van der Waals surface area (Å²) in [5, 5.41) is 1.09. The summed E-state index contributed by atoms with van der Waals surface area (Å²) < 4.78 is 1.37. The van der Waals surface area contributed by atoms with Gasteiger partial charge in [0.2, 0.25) is 0 Å². The normalized spacial score (nSPS) is 10.5. The van der Waals surface area contributed by atoms with E-state index in [9.17, 15) is 0 Å². The van der Waals surface area contributed by atoms with E-state index in [2.05, 4.69) is 103 Å². The van der Waals surface area contributed by atoms with Gasteiger partial charge in [-0.15, -0.1) is 0 Å². The maximum absolute atomic E-state index is 4.81. The van der Waals surface area contributed by atoms with Crippen LogP contribution in [0.2, 0.25) is 0 Å². The molecule has 1 heterocycles. The predicted octanol–water partition coefficient (Wildman–Crippen LogP) is 8.76. The Balaban J connectivity index is 0.000000238. The van der Waals surface area contributed by atoms with E-state index in [1.165, 1.54) is 21.2 Å². The zero-order valence-corrected chi connectivity index (χ0v) is 25.9. The third-order valence-electron chi connectivity index (χ3n) is 6.94. The Hall–Kier alpha value is -5.15. The molecule has 0 unspecified atom stereocenters. The molecule has 6 aromatic carbocycles. The summed E-state index contributed by atoms with van der Waals surface area (Å²) in [7, 11) is 0. The standard InChI is InChI=1S/C28H21N3Se.C12H10/c1-4-10-21(11-5-1)20-32-25-18-16-24(17-19-25)28-30-26(22-12-6-2-7-13-22)29-27(31-28)23-14-8-3-9-15-23;1-3-7-11(8-4-1)12-9-5-2-6-10-12/h1-19H,20H2;1-10H. The molecule has 0 aliphatic carbocycles. The molecule has 44 heavy (non-hydrogen) atoms. The van der Waals surface area contributed by atoms with Crippen molar-refractivity contribution in [3.63, 3.8) is 0 Å². The van der Waals surface area contributed by atoms with Gasteiger partial charge in [-0.25, -0.2) is 0 Å². The first-order valence-corrected chi connectivity index (χ1v) is 16.6. The topological polar surface area (TPSA) is 38.7 Å². The number of nitrogens with zero attached hydrogens (tertiary/aromatic N) is 3. The second-order valence-corrected chi connectivity index (χ2v) is 12.3. The molecule has 0 amide bonds. The molecular weight excluding hydrogens is 601 g/mol. The average Bonchev–Trinajstić information content (AvgIpc) is 3.13. The summed E-state index contributed by atoms with van der Waals surface area (Å²) >= 11 is 0.392. The van der Waals surface area contributed by atoms with Gasteiger partial charge in [-0.05, 0) is 11.1 Å². The first-order valence-electron chi connectivity index (χ1n) is 14.6. The van der Waals surface area contributed by atoms with Crippen LogP contribution >= 0.6 is 0 Å². The molecule has 3 nitrogen and oxygen atoms in total. The van der Waals surface area contributed by atoms with E-state index in [1.807, 2.05) is 72.8 Å². The molecule has 7 aromatic rings. The SMILES string of the molecule is c1ccc(-c2ccccc2)cc1.c1ccc(C[Se]c2ccc(-c3nc(-c4ccccc4)nc(-c4ccccc4)n3)cc2)cc1. The van der Waals surface area contributed by atoms with Gasteiger partial charge in [-0.3, -0.25) is 0 Å². The van der Waals surface area contributed by atoms with Crippen LogP contribution in [0.5, 0.6) is 0 Å². The van der Waals surface area contributed by atoms with Gasteiger partial charge >= 0.3 is 195 Å². The Kier molecular flexibility index (Phi) is 9.76.